The number of hydrogen-bond acceptors (Lipinski definition) is 3. The van der Waals surface area contributed by atoms with E-state index in [2.05, 4.69) is 10.6 Å². The summed E-state index contributed by atoms with van der Waals surface area (Å²) in [6.07, 6.45) is 2.49. The second-order valence-electron chi connectivity index (χ2n) is 8.03. The lowest BCUT2D eigenvalue weighted by atomic mass is 9.87. The summed E-state index contributed by atoms with van der Waals surface area (Å²) < 4.78 is 14.8. The van der Waals surface area contributed by atoms with Crippen LogP contribution in [0, 0.1) is 5.82 Å². The molecule has 28 heavy (non-hydrogen) atoms. The van der Waals surface area contributed by atoms with Crippen molar-refractivity contribution >= 4 is 40.5 Å². The largest absolute Gasteiger partial charge is 0.374 e. The van der Waals surface area contributed by atoms with Crippen LogP contribution in [0.25, 0.3) is 0 Å². The van der Waals surface area contributed by atoms with Crippen molar-refractivity contribution in [1.29, 1.82) is 0 Å². The summed E-state index contributed by atoms with van der Waals surface area (Å²) in [5.74, 6) is -0.211. The number of rotatable bonds is 3. The maximum absolute atomic E-state index is 14.8. The SMILES string of the molecule is CN1C(=O)C2(CC2)c2ccc(NC3(c4c(F)ccc(Cl)c4Cl)CCNC3)cc21. The minimum absolute atomic E-state index is 0.167. The van der Waals surface area contributed by atoms with Gasteiger partial charge in [0, 0.05) is 30.5 Å². The Morgan fingerprint density at radius 1 is 1.18 bits per heavy atom. The van der Waals surface area contributed by atoms with Crippen molar-refractivity contribution in [2.45, 2.75) is 30.2 Å². The van der Waals surface area contributed by atoms with E-state index in [1.165, 1.54) is 12.1 Å². The molecule has 1 spiro atoms. The van der Waals surface area contributed by atoms with Crippen LogP contribution in [0.5, 0.6) is 0 Å². The number of carbonyl (C=O) groups excluding carboxylic acids is 1. The first-order chi connectivity index (χ1) is 13.4. The molecule has 1 aliphatic carbocycles. The van der Waals surface area contributed by atoms with Crippen molar-refractivity contribution in [3.8, 4) is 0 Å². The number of hydrogen-bond donors (Lipinski definition) is 2. The number of benzene rings is 2. The molecule has 2 fully saturated rings. The summed E-state index contributed by atoms with van der Waals surface area (Å²) in [5.41, 5.74) is 2.21. The Morgan fingerprint density at radius 3 is 2.64 bits per heavy atom. The summed E-state index contributed by atoms with van der Waals surface area (Å²) in [7, 11) is 1.82. The lowest BCUT2D eigenvalue weighted by Crippen LogP contribution is -2.39. The molecule has 1 amide bonds. The third-order valence-corrected chi connectivity index (χ3v) is 7.20. The van der Waals surface area contributed by atoms with Crippen LogP contribution in [0.1, 0.15) is 30.4 Å². The number of amides is 1. The van der Waals surface area contributed by atoms with Crippen LogP contribution in [0.2, 0.25) is 10.0 Å². The van der Waals surface area contributed by atoms with E-state index in [4.69, 9.17) is 23.2 Å². The Morgan fingerprint density at radius 2 is 1.96 bits per heavy atom. The predicted molar refractivity (Wildman–Crippen MR) is 110 cm³/mol. The van der Waals surface area contributed by atoms with Gasteiger partial charge >= 0.3 is 0 Å². The molecule has 2 aliphatic heterocycles. The molecule has 0 bridgehead atoms. The summed E-state index contributed by atoms with van der Waals surface area (Å²) >= 11 is 12.6. The third kappa shape index (κ3) is 2.43. The topological polar surface area (TPSA) is 44.4 Å². The van der Waals surface area contributed by atoms with Gasteiger partial charge in [0.1, 0.15) is 5.82 Å². The molecular weight excluding hydrogens is 400 g/mol. The van der Waals surface area contributed by atoms with Gasteiger partial charge in [-0.15, -0.1) is 0 Å². The number of halogens is 3. The standard InChI is InChI=1S/C21H20Cl2FN3O/c1-27-16-10-12(2-3-13(16)20(6-7-20)19(27)28)26-21(8-9-25-11-21)17-15(24)5-4-14(22)18(17)23/h2-5,10,25-26H,6-9,11H2,1H3. The van der Waals surface area contributed by atoms with Gasteiger partial charge in [-0.2, -0.15) is 0 Å². The molecule has 4 nitrogen and oxygen atoms in total. The molecule has 2 N–H and O–H groups in total. The van der Waals surface area contributed by atoms with Gasteiger partial charge in [-0.05, 0) is 55.6 Å². The Hall–Kier alpha value is -1.82. The second kappa shape index (κ2) is 6.09. The zero-order valence-electron chi connectivity index (χ0n) is 15.4. The maximum atomic E-state index is 14.8. The van der Waals surface area contributed by atoms with E-state index in [0.29, 0.717) is 23.6 Å². The molecule has 2 aromatic carbocycles. The van der Waals surface area contributed by atoms with E-state index < -0.39 is 5.54 Å². The van der Waals surface area contributed by atoms with Crippen molar-refractivity contribution in [2.75, 3.05) is 30.4 Å². The predicted octanol–water partition coefficient (Wildman–Crippen LogP) is 4.44. The molecule has 2 aromatic rings. The minimum Gasteiger partial charge on any atom is -0.374 e. The van der Waals surface area contributed by atoms with E-state index >= 15 is 0 Å². The first-order valence-corrected chi connectivity index (χ1v) is 10.2. The van der Waals surface area contributed by atoms with Crippen LogP contribution in [-0.4, -0.2) is 26.0 Å². The highest BCUT2D eigenvalue weighted by Crippen LogP contribution is 2.57. The number of nitrogens with one attached hydrogen (secondary N) is 2. The van der Waals surface area contributed by atoms with Crippen LogP contribution >= 0.6 is 23.2 Å². The van der Waals surface area contributed by atoms with Gasteiger partial charge in [0.2, 0.25) is 5.91 Å². The highest BCUT2D eigenvalue weighted by molar-refractivity contribution is 6.42. The number of anilines is 2. The zero-order valence-corrected chi connectivity index (χ0v) is 16.9. The maximum Gasteiger partial charge on any atom is 0.237 e. The fourth-order valence-corrected chi connectivity index (χ4v) is 5.25. The van der Waals surface area contributed by atoms with Gasteiger partial charge in [-0.3, -0.25) is 4.79 Å². The fourth-order valence-electron chi connectivity index (χ4n) is 4.76. The molecular formula is C21H20Cl2FN3O. The second-order valence-corrected chi connectivity index (χ2v) is 8.82. The van der Waals surface area contributed by atoms with Gasteiger partial charge in [-0.1, -0.05) is 29.3 Å². The highest BCUT2D eigenvalue weighted by atomic mass is 35.5. The number of nitrogens with zero attached hydrogens (tertiary/aromatic N) is 1. The minimum atomic E-state index is -0.710. The van der Waals surface area contributed by atoms with E-state index in [1.807, 2.05) is 25.2 Å². The van der Waals surface area contributed by atoms with Gasteiger partial charge in [-0.25, -0.2) is 4.39 Å². The Labute approximate surface area is 173 Å². The average molecular weight is 420 g/mol. The van der Waals surface area contributed by atoms with Gasteiger partial charge in [0.15, 0.2) is 0 Å². The monoisotopic (exact) mass is 419 g/mol. The molecule has 2 heterocycles. The lowest BCUT2D eigenvalue weighted by Gasteiger charge is -2.33. The van der Waals surface area contributed by atoms with Crippen LogP contribution in [0.3, 0.4) is 0 Å². The van der Waals surface area contributed by atoms with Crippen LogP contribution < -0.4 is 15.5 Å². The molecule has 146 valence electrons. The zero-order chi connectivity index (χ0) is 19.7. The first-order valence-electron chi connectivity index (χ1n) is 9.44. The molecule has 0 aromatic heterocycles. The van der Waals surface area contributed by atoms with Gasteiger partial charge in [0.25, 0.3) is 0 Å². The first kappa shape index (κ1) is 18.2. The van der Waals surface area contributed by atoms with Crippen molar-refractivity contribution in [2.24, 2.45) is 0 Å². The number of carbonyl (C=O) groups is 1. The average Bonchev–Trinajstić information content (AvgIpc) is 3.31. The summed E-state index contributed by atoms with van der Waals surface area (Å²) in [5, 5.41) is 7.38. The van der Waals surface area contributed by atoms with Crippen molar-refractivity contribution in [1.82, 2.24) is 5.32 Å². The van der Waals surface area contributed by atoms with E-state index in [-0.39, 0.29) is 22.2 Å². The Bertz CT molecular complexity index is 999. The van der Waals surface area contributed by atoms with E-state index in [9.17, 15) is 9.18 Å². The highest BCUT2D eigenvalue weighted by Gasteiger charge is 2.58. The molecule has 0 radical (unpaired) electrons. The van der Waals surface area contributed by atoms with Crippen LogP contribution in [0.15, 0.2) is 30.3 Å². The van der Waals surface area contributed by atoms with Crippen LogP contribution in [0.4, 0.5) is 15.8 Å². The molecule has 7 heteroatoms. The van der Waals surface area contributed by atoms with E-state index in [0.717, 1.165) is 36.3 Å². The normalized spacial score (nSPS) is 24.7. The summed E-state index contributed by atoms with van der Waals surface area (Å²) in [6.45, 7) is 1.27. The Kier molecular flexibility index (Phi) is 3.96. The smallest absolute Gasteiger partial charge is 0.237 e. The fraction of sp³-hybridized carbons (Fsp3) is 0.381. The van der Waals surface area contributed by atoms with Crippen molar-refractivity contribution < 1.29 is 9.18 Å². The molecule has 3 aliphatic rings. The van der Waals surface area contributed by atoms with Crippen molar-refractivity contribution in [3.05, 3.63) is 57.3 Å². The lowest BCUT2D eigenvalue weighted by molar-refractivity contribution is -0.119. The Balaban J connectivity index is 1.57. The van der Waals surface area contributed by atoms with Gasteiger partial charge in [0.05, 0.1) is 21.0 Å². The van der Waals surface area contributed by atoms with Crippen LogP contribution in [-0.2, 0) is 15.7 Å². The van der Waals surface area contributed by atoms with Gasteiger partial charge < -0.3 is 15.5 Å². The quantitative estimate of drug-likeness (QED) is 0.722. The van der Waals surface area contributed by atoms with Crippen molar-refractivity contribution in [3.63, 3.8) is 0 Å². The third-order valence-electron chi connectivity index (χ3n) is 6.40. The number of fused-ring (bicyclic) bond motifs is 2. The molecule has 1 saturated carbocycles. The summed E-state index contributed by atoms with van der Waals surface area (Å²) in [4.78, 5) is 14.4. The summed E-state index contributed by atoms with van der Waals surface area (Å²) in [6, 6.07) is 8.82. The molecule has 1 unspecified atom stereocenters. The van der Waals surface area contributed by atoms with E-state index in [1.54, 1.807) is 4.90 Å². The molecule has 1 atom stereocenters. The molecule has 1 saturated heterocycles. The molecule has 5 rings (SSSR count). The number of likely N-dealkylation sites (N-methyl/N-ethyl adjacent to an activating group) is 1.